The summed E-state index contributed by atoms with van der Waals surface area (Å²) < 4.78 is 26.7. The predicted molar refractivity (Wildman–Crippen MR) is 88.4 cm³/mol. The highest BCUT2D eigenvalue weighted by Gasteiger charge is 2.28. The molecule has 1 heterocycles. The topological polar surface area (TPSA) is 60.9 Å². The van der Waals surface area contributed by atoms with Gasteiger partial charge in [-0.05, 0) is 30.2 Å². The Bertz CT molecular complexity index is 671. The molecule has 7 heteroatoms. The molecule has 1 amide bonds. The lowest BCUT2D eigenvalue weighted by Crippen LogP contribution is -2.37. The number of benzene rings is 1. The van der Waals surface area contributed by atoms with Gasteiger partial charge in [0.1, 0.15) is 0 Å². The quantitative estimate of drug-likeness (QED) is 0.798. The van der Waals surface area contributed by atoms with Crippen molar-refractivity contribution in [2.45, 2.75) is 26.2 Å². The van der Waals surface area contributed by atoms with E-state index in [1.807, 2.05) is 6.07 Å². The fourth-order valence-electron chi connectivity index (χ4n) is 2.50. The summed E-state index contributed by atoms with van der Waals surface area (Å²) in [5, 5.41) is 0. The first-order valence-electron chi connectivity index (χ1n) is 7.38. The summed E-state index contributed by atoms with van der Waals surface area (Å²) >= 11 is 0. The van der Waals surface area contributed by atoms with Crippen molar-refractivity contribution >= 4 is 27.5 Å². The summed E-state index contributed by atoms with van der Waals surface area (Å²) in [6, 6.07) is 5.38. The van der Waals surface area contributed by atoms with Crippen molar-refractivity contribution in [2.24, 2.45) is 0 Å². The molecule has 0 fully saturated rings. The Morgan fingerprint density at radius 1 is 1.23 bits per heavy atom. The Morgan fingerprint density at radius 3 is 2.50 bits per heavy atom. The number of carbonyl (C=O) groups excluding carboxylic acids is 1. The fraction of sp³-hybridized carbons (Fsp3) is 0.533. The Morgan fingerprint density at radius 2 is 1.91 bits per heavy atom. The van der Waals surface area contributed by atoms with E-state index in [0.29, 0.717) is 18.7 Å². The first-order valence-corrected chi connectivity index (χ1v) is 8.78. The summed E-state index contributed by atoms with van der Waals surface area (Å²) in [7, 11) is 0.987. The van der Waals surface area contributed by atoms with Gasteiger partial charge in [-0.15, -0.1) is 0 Å². The van der Waals surface area contributed by atoms with E-state index in [9.17, 15) is 13.2 Å². The van der Waals surface area contributed by atoms with E-state index in [0.717, 1.165) is 24.1 Å². The average Bonchev–Trinajstić information content (AvgIpc) is 2.78. The van der Waals surface area contributed by atoms with Gasteiger partial charge >= 0.3 is 10.2 Å². The van der Waals surface area contributed by atoms with Crippen LogP contribution in [0.4, 0.5) is 11.4 Å². The zero-order valence-corrected chi connectivity index (χ0v) is 14.4. The summed E-state index contributed by atoms with van der Waals surface area (Å²) in [5.41, 5.74) is 2.36. The molecule has 0 aromatic heterocycles. The lowest BCUT2D eigenvalue weighted by molar-refractivity contribution is -0.117. The van der Waals surface area contributed by atoms with Gasteiger partial charge in [0.15, 0.2) is 0 Å². The standard InChI is InChI=1S/C15H23N3O3S/c1-5-6-9-18-14-8-7-13(10-12(14)11-15(18)19)17(4)22(20,21)16(2)3/h7-8,10H,5-6,9,11H2,1-4H3. The normalized spacial score (nSPS) is 14.6. The van der Waals surface area contributed by atoms with Crippen LogP contribution < -0.4 is 9.21 Å². The van der Waals surface area contributed by atoms with Crippen LogP contribution in [0.15, 0.2) is 18.2 Å². The van der Waals surface area contributed by atoms with Crippen molar-refractivity contribution in [3.05, 3.63) is 23.8 Å². The number of anilines is 2. The van der Waals surface area contributed by atoms with Crippen molar-refractivity contribution in [2.75, 3.05) is 36.9 Å². The van der Waals surface area contributed by atoms with E-state index in [-0.39, 0.29) is 5.91 Å². The molecule has 0 atom stereocenters. The van der Waals surface area contributed by atoms with Crippen LogP contribution in [-0.4, -0.2) is 46.3 Å². The second kappa shape index (κ2) is 6.26. The molecule has 0 aliphatic carbocycles. The maximum Gasteiger partial charge on any atom is 0.303 e. The van der Waals surface area contributed by atoms with Crippen LogP contribution in [0, 0.1) is 0 Å². The third-order valence-corrected chi connectivity index (χ3v) is 5.73. The first kappa shape index (κ1) is 16.8. The summed E-state index contributed by atoms with van der Waals surface area (Å²) in [5.74, 6) is 0.0821. The zero-order chi connectivity index (χ0) is 16.5. The second-order valence-electron chi connectivity index (χ2n) is 5.65. The maximum atomic E-state index is 12.2. The summed E-state index contributed by atoms with van der Waals surface area (Å²) in [4.78, 5) is 13.9. The number of amides is 1. The molecule has 2 rings (SSSR count). The molecular formula is C15H23N3O3S. The molecule has 22 heavy (non-hydrogen) atoms. The monoisotopic (exact) mass is 325 g/mol. The van der Waals surface area contributed by atoms with Crippen LogP contribution >= 0.6 is 0 Å². The third-order valence-electron chi connectivity index (χ3n) is 3.90. The van der Waals surface area contributed by atoms with E-state index < -0.39 is 10.2 Å². The Hall–Kier alpha value is -1.60. The highest BCUT2D eigenvalue weighted by Crippen LogP contribution is 2.33. The number of hydrogen-bond acceptors (Lipinski definition) is 3. The van der Waals surface area contributed by atoms with Gasteiger partial charge in [0.25, 0.3) is 0 Å². The lowest BCUT2D eigenvalue weighted by atomic mass is 10.1. The number of carbonyl (C=O) groups is 1. The SMILES string of the molecule is CCCCN1C(=O)Cc2cc(N(C)S(=O)(=O)N(C)C)ccc21. The molecule has 0 saturated heterocycles. The highest BCUT2D eigenvalue weighted by atomic mass is 32.2. The van der Waals surface area contributed by atoms with Gasteiger partial charge in [0.2, 0.25) is 5.91 Å². The third kappa shape index (κ3) is 2.96. The molecule has 0 unspecified atom stereocenters. The summed E-state index contributed by atoms with van der Waals surface area (Å²) in [6.45, 7) is 2.80. The van der Waals surface area contributed by atoms with Gasteiger partial charge in [0, 0.05) is 33.4 Å². The molecule has 1 aliphatic rings. The van der Waals surface area contributed by atoms with E-state index >= 15 is 0 Å². The molecule has 1 aliphatic heterocycles. The van der Waals surface area contributed by atoms with Crippen LogP contribution in [0.3, 0.4) is 0 Å². The largest absolute Gasteiger partial charge is 0.312 e. The molecular weight excluding hydrogens is 302 g/mol. The van der Waals surface area contributed by atoms with Crippen molar-refractivity contribution in [1.82, 2.24) is 4.31 Å². The van der Waals surface area contributed by atoms with Crippen molar-refractivity contribution < 1.29 is 13.2 Å². The van der Waals surface area contributed by atoms with Crippen molar-refractivity contribution in [1.29, 1.82) is 0 Å². The Labute approximate surface area is 132 Å². The molecule has 0 radical (unpaired) electrons. The fourth-order valence-corrected chi connectivity index (χ4v) is 3.37. The smallest absolute Gasteiger partial charge is 0.303 e. The second-order valence-corrected chi connectivity index (χ2v) is 7.82. The maximum absolute atomic E-state index is 12.2. The van der Waals surface area contributed by atoms with Crippen LogP contribution in [0.2, 0.25) is 0 Å². The molecule has 0 N–H and O–H groups in total. The number of fused-ring (bicyclic) bond motifs is 1. The molecule has 122 valence electrons. The molecule has 0 spiro atoms. The first-order chi connectivity index (χ1) is 10.3. The van der Waals surface area contributed by atoms with Gasteiger partial charge in [-0.3, -0.25) is 9.10 Å². The van der Waals surface area contributed by atoms with Crippen LogP contribution in [-0.2, 0) is 21.4 Å². The van der Waals surface area contributed by atoms with Gasteiger partial charge in [0.05, 0.1) is 12.1 Å². The van der Waals surface area contributed by atoms with Gasteiger partial charge < -0.3 is 4.90 Å². The molecule has 6 nitrogen and oxygen atoms in total. The number of rotatable bonds is 6. The predicted octanol–water partition coefficient (Wildman–Crippen LogP) is 1.62. The van der Waals surface area contributed by atoms with Gasteiger partial charge in [-0.2, -0.15) is 12.7 Å². The van der Waals surface area contributed by atoms with E-state index in [4.69, 9.17) is 0 Å². The van der Waals surface area contributed by atoms with Crippen LogP contribution in [0.1, 0.15) is 25.3 Å². The van der Waals surface area contributed by atoms with E-state index in [2.05, 4.69) is 6.92 Å². The average molecular weight is 325 g/mol. The highest BCUT2D eigenvalue weighted by molar-refractivity contribution is 7.90. The minimum atomic E-state index is -3.52. The van der Waals surface area contributed by atoms with Gasteiger partial charge in [-0.25, -0.2) is 0 Å². The molecule has 1 aromatic rings. The molecule has 0 bridgehead atoms. The van der Waals surface area contributed by atoms with Crippen molar-refractivity contribution in [3.63, 3.8) is 0 Å². The number of unbranched alkanes of at least 4 members (excludes halogenated alkanes) is 1. The van der Waals surface area contributed by atoms with Crippen molar-refractivity contribution in [3.8, 4) is 0 Å². The minimum absolute atomic E-state index is 0.0821. The van der Waals surface area contributed by atoms with E-state index in [1.165, 1.54) is 29.8 Å². The number of nitrogens with zero attached hydrogens (tertiary/aromatic N) is 3. The van der Waals surface area contributed by atoms with Crippen LogP contribution in [0.25, 0.3) is 0 Å². The molecule has 0 saturated carbocycles. The Kier molecular flexibility index (Phi) is 4.77. The minimum Gasteiger partial charge on any atom is -0.312 e. The summed E-state index contributed by atoms with van der Waals surface area (Å²) in [6.07, 6.45) is 2.32. The Balaban J connectivity index is 2.31. The van der Waals surface area contributed by atoms with Crippen LogP contribution in [0.5, 0.6) is 0 Å². The van der Waals surface area contributed by atoms with Gasteiger partial charge in [-0.1, -0.05) is 13.3 Å². The van der Waals surface area contributed by atoms with E-state index in [1.54, 1.807) is 17.0 Å². The lowest BCUT2D eigenvalue weighted by Gasteiger charge is -2.24. The zero-order valence-electron chi connectivity index (χ0n) is 13.5. The number of hydrogen-bond donors (Lipinski definition) is 0. The molecule has 1 aromatic carbocycles.